The number of rotatable bonds is 7. The van der Waals surface area contributed by atoms with E-state index in [-0.39, 0.29) is 18.8 Å². The van der Waals surface area contributed by atoms with Crippen LogP contribution in [0.5, 0.6) is 0 Å². The van der Waals surface area contributed by atoms with E-state index in [0.29, 0.717) is 5.56 Å². The van der Waals surface area contributed by atoms with Crippen molar-refractivity contribution in [1.82, 2.24) is 0 Å². The van der Waals surface area contributed by atoms with Crippen LogP contribution in [0.15, 0.2) is 73.3 Å². The molecular weight excluding hydrogens is 276 g/mol. The van der Waals surface area contributed by atoms with Crippen LogP contribution >= 0.6 is 0 Å². The van der Waals surface area contributed by atoms with Gasteiger partial charge in [0, 0.05) is 5.56 Å². The Morgan fingerprint density at radius 2 is 1.59 bits per heavy atom. The van der Waals surface area contributed by atoms with Crippen molar-refractivity contribution in [2.24, 2.45) is 5.92 Å². The fourth-order valence-corrected chi connectivity index (χ4v) is 2.11. The molecule has 3 heteroatoms. The Labute approximate surface area is 130 Å². The number of Topliss-reactive ketones (excluding diaryl/α,β-unsaturated/α-hetero) is 1. The SMILES string of the molecule is C=CC[C@@H](C(=O)OCc1ccccc1)C(=O)c1ccccc1. The monoisotopic (exact) mass is 294 g/mol. The molecule has 112 valence electrons. The van der Waals surface area contributed by atoms with Crippen molar-refractivity contribution < 1.29 is 14.3 Å². The lowest BCUT2D eigenvalue weighted by molar-refractivity contribution is -0.148. The quantitative estimate of drug-likeness (QED) is 0.337. The zero-order valence-electron chi connectivity index (χ0n) is 12.3. The largest absolute Gasteiger partial charge is 0.460 e. The van der Waals surface area contributed by atoms with Crippen LogP contribution in [-0.2, 0) is 16.1 Å². The Morgan fingerprint density at radius 3 is 2.18 bits per heavy atom. The van der Waals surface area contributed by atoms with Crippen molar-refractivity contribution in [2.45, 2.75) is 13.0 Å². The number of carbonyl (C=O) groups excluding carboxylic acids is 2. The number of ether oxygens (including phenoxy) is 1. The van der Waals surface area contributed by atoms with Crippen LogP contribution < -0.4 is 0 Å². The molecule has 2 rings (SSSR count). The third-order valence-corrected chi connectivity index (χ3v) is 3.29. The van der Waals surface area contributed by atoms with E-state index < -0.39 is 11.9 Å². The van der Waals surface area contributed by atoms with Gasteiger partial charge in [0.15, 0.2) is 5.78 Å². The van der Waals surface area contributed by atoms with Crippen LogP contribution in [0, 0.1) is 5.92 Å². The molecule has 0 aliphatic rings. The first kappa shape index (κ1) is 15.7. The van der Waals surface area contributed by atoms with E-state index >= 15 is 0 Å². The highest BCUT2D eigenvalue weighted by Gasteiger charge is 2.27. The standard InChI is InChI=1S/C19H18O3/c1-2-9-17(18(20)16-12-7-4-8-13-16)19(21)22-14-15-10-5-3-6-11-15/h2-8,10-13,17H,1,9,14H2/t17-/m1/s1. The maximum atomic E-state index is 12.4. The van der Waals surface area contributed by atoms with E-state index in [1.807, 2.05) is 36.4 Å². The van der Waals surface area contributed by atoms with Crippen molar-refractivity contribution >= 4 is 11.8 Å². The van der Waals surface area contributed by atoms with E-state index in [0.717, 1.165) is 5.56 Å². The van der Waals surface area contributed by atoms with Gasteiger partial charge < -0.3 is 4.74 Å². The highest BCUT2D eigenvalue weighted by molar-refractivity contribution is 6.08. The van der Waals surface area contributed by atoms with Gasteiger partial charge in [0.1, 0.15) is 12.5 Å². The summed E-state index contributed by atoms with van der Waals surface area (Å²) in [6.45, 7) is 3.78. The highest BCUT2D eigenvalue weighted by atomic mass is 16.5. The van der Waals surface area contributed by atoms with Gasteiger partial charge in [0.2, 0.25) is 0 Å². The summed E-state index contributed by atoms with van der Waals surface area (Å²) in [5.74, 6) is -1.60. The predicted molar refractivity (Wildman–Crippen MR) is 85.3 cm³/mol. The summed E-state index contributed by atoms with van der Waals surface area (Å²) in [6.07, 6.45) is 1.83. The first-order chi connectivity index (χ1) is 10.7. The fraction of sp³-hybridized carbons (Fsp3) is 0.158. The predicted octanol–water partition coefficient (Wildman–Crippen LogP) is 3.81. The van der Waals surface area contributed by atoms with Crippen LogP contribution in [0.4, 0.5) is 0 Å². The van der Waals surface area contributed by atoms with Crippen LogP contribution in [0.2, 0.25) is 0 Å². The highest BCUT2D eigenvalue weighted by Crippen LogP contribution is 2.16. The molecule has 0 aliphatic heterocycles. The summed E-state index contributed by atoms with van der Waals surface area (Å²) >= 11 is 0. The van der Waals surface area contributed by atoms with E-state index in [4.69, 9.17) is 4.74 Å². The molecule has 0 aliphatic carbocycles. The molecule has 0 heterocycles. The Balaban J connectivity index is 2.05. The molecule has 0 spiro atoms. The number of esters is 1. The zero-order chi connectivity index (χ0) is 15.8. The summed E-state index contributed by atoms with van der Waals surface area (Å²) < 4.78 is 5.28. The second-order valence-corrected chi connectivity index (χ2v) is 4.90. The topological polar surface area (TPSA) is 43.4 Å². The Kier molecular flexibility index (Phi) is 5.66. The second-order valence-electron chi connectivity index (χ2n) is 4.90. The van der Waals surface area contributed by atoms with Crippen LogP contribution in [0.3, 0.4) is 0 Å². The van der Waals surface area contributed by atoms with E-state index in [2.05, 4.69) is 6.58 Å². The number of ketones is 1. The lowest BCUT2D eigenvalue weighted by atomic mass is 9.94. The molecule has 0 saturated heterocycles. The molecule has 0 radical (unpaired) electrons. The number of carbonyl (C=O) groups is 2. The molecule has 0 saturated carbocycles. The molecule has 22 heavy (non-hydrogen) atoms. The van der Waals surface area contributed by atoms with Gasteiger partial charge in [-0.1, -0.05) is 66.7 Å². The zero-order valence-corrected chi connectivity index (χ0v) is 12.3. The molecule has 0 N–H and O–H groups in total. The molecule has 2 aromatic rings. The Hall–Kier alpha value is -2.68. The minimum Gasteiger partial charge on any atom is -0.460 e. The van der Waals surface area contributed by atoms with E-state index in [9.17, 15) is 9.59 Å². The number of allylic oxidation sites excluding steroid dienone is 1. The smallest absolute Gasteiger partial charge is 0.317 e. The van der Waals surface area contributed by atoms with Crippen LogP contribution in [-0.4, -0.2) is 11.8 Å². The van der Waals surface area contributed by atoms with Gasteiger partial charge in [-0.05, 0) is 12.0 Å². The summed E-state index contributed by atoms with van der Waals surface area (Å²) in [5.41, 5.74) is 1.39. The van der Waals surface area contributed by atoms with Crippen LogP contribution in [0.1, 0.15) is 22.3 Å². The summed E-state index contributed by atoms with van der Waals surface area (Å²) in [4.78, 5) is 24.7. The molecule has 0 amide bonds. The average molecular weight is 294 g/mol. The van der Waals surface area contributed by atoms with Gasteiger partial charge in [-0.2, -0.15) is 0 Å². The minimum atomic E-state index is -0.844. The fourth-order valence-electron chi connectivity index (χ4n) is 2.11. The average Bonchev–Trinajstić information content (AvgIpc) is 2.58. The van der Waals surface area contributed by atoms with E-state index in [1.165, 1.54) is 0 Å². The third-order valence-electron chi connectivity index (χ3n) is 3.29. The lowest BCUT2D eigenvalue weighted by Gasteiger charge is -2.13. The number of hydrogen-bond acceptors (Lipinski definition) is 3. The van der Waals surface area contributed by atoms with Crippen molar-refractivity contribution in [1.29, 1.82) is 0 Å². The second kappa shape index (κ2) is 7.93. The Morgan fingerprint density at radius 1 is 1.00 bits per heavy atom. The minimum absolute atomic E-state index is 0.162. The molecule has 2 aromatic carbocycles. The molecule has 0 unspecified atom stereocenters. The van der Waals surface area contributed by atoms with Crippen LogP contribution in [0.25, 0.3) is 0 Å². The number of hydrogen-bond donors (Lipinski definition) is 0. The molecule has 0 fully saturated rings. The third kappa shape index (κ3) is 4.16. The molecule has 3 nitrogen and oxygen atoms in total. The van der Waals surface area contributed by atoms with Gasteiger partial charge in [-0.3, -0.25) is 9.59 Å². The van der Waals surface area contributed by atoms with Gasteiger partial charge in [0.25, 0.3) is 0 Å². The van der Waals surface area contributed by atoms with Crippen molar-refractivity contribution in [3.8, 4) is 0 Å². The molecular formula is C19H18O3. The Bertz CT molecular complexity index is 632. The molecule has 1 atom stereocenters. The summed E-state index contributed by atoms with van der Waals surface area (Å²) in [7, 11) is 0. The van der Waals surface area contributed by atoms with Gasteiger partial charge in [-0.15, -0.1) is 6.58 Å². The van der Waals surface area contributed by atoms with Crippen molar-refractivity contribution in [2.75, 3.05) is 0 Å². The summed E-state index contributed by atoms with van der Waals surface area (Å²) in [6, 6.07) is 18.1. The molecule has 0 aromatic heterocycles. The van der Waals surface area contributed by atoms with Gasteiger partial charge in [-0.25, -0.2) is 0 Å². The van der Waals surface area contributed by atoms with Crippen molar-refractivity contribution in [3.63, 3.8) is 0 Å². The first-order valence-electron chi connectivity index (χ1n) is 7.13. The lowest BCUT2D eigenvalue weighted by Crippen LogP contribution is -2.26. The summed E-state index contributed by atoms with van der Waals surface area (Å²) in [5, 5.41) is 0. The number of benzene rings is 2. The van der Waals surface area contributed by atoms with Gasteiger partial charge >= 0.3 is 5.97 Å². The maximum Gasteiger partial charge on any atom is 0.317 e. The first-order valence-corrected chi connectivity index (χ1v) is 7.13. The van der Waals surface area contributed by atoms with E-state index in [1.54, 1.807) is 30.3 Å². The maximum absolute atomic E-state index is 12.4. The molecule has 0 bridgehead atoms. The van der Waals surface area contributed by atoms with Gasteiger partial charge in [0.05, 0.1) is 0 Å². The van der Waals surface area contributed by atoms with Crippen molar-refractivity contribution in [3.05, 3.63) is 84.4 Å². The normalized spacial score (nSPS) is 11.5.